The Balaban J connectivity index is 2.19. The molecular weight excluding hydrogens is 286 g/mol. The van der Waals surface area contributed by atoms with Crippen LogP contribution >= 0.6 is 15.9 Å². The molecule has 0 radical (unpaired) electrons. The van der Waals surface area contributed by atoms with E-state index in [1.165, 1.54) is 12.1 Å². The lowest BCUT2D eigenvalue weighted by Gasteiger charge is -2.05. The Bertz CT molecular complexity index is 487. The molecule has 1 fully saturated rings. The fourth-order valence-corrected chi connectivity index (χ4v) is 2.11. The number of carbonyl (C=O) groups is 2. The molecule has 17 heavy (non-hydrogen) atoms. The maximum atomic E-state index is 11.8. The molecule has 0 spiro atoms. The Hall–Kier alpha value is -1.36. The van der Waals surface area contributed by atoms with Gasteiger partial charge in [-0.3, -0.25) is 4.79 Å². The van der Waals surface area contributed by atoms with Gasteiger partial charge in [0, 0.05) is 16.1 Å². The summed E-state index contributed by atoms with van der Waals surface area (Å²) in [6, 6.07) is 4.71. The summed E-state index contributed by atoms with van der Waals surface area (Å²) < 4.78 is 0.589. The van der Waals surface area contributed by atoms with Gasteiger partial charge in [-0.1, -0.05) is 22.9 Å². The van der Waals surface area contributed by atoms with Gasteiger partial charge in [0.15, 0.2) is 0 Å². The number of hydrogen-bond acceptors (Lipinski definition) is 2. The van der Waals surface area contributed by atoms with Gasteiger partial charge in [-0.25, -0.2) is 4.79 Å². The molecule has 90 valence electrons. The standard InChI is InChI=1S/C12H12BrNO3/c1-6-2-10(6)14-11(15)7-3-8(12(16)17)5-9(13)4-7/h3-6,10H,2H2,1H3,(H,14,15)(H,16,17). The van der Waals surface area contributed by atoms with Gasteiger partial charge < -0.3 is 10.4 Å². The largest absolute Gasteiger partial charge is 0.478 e. The summed E-state index contributed by atoms with van der Waals surface area (Å²) in [4.78, 5) is 22.7. The van der Waals surface area contributed by atoms with Gasteiger partial charge in [0.1, 0.15) is 0 Å². The lowest BCUT2D eigenvalue weighted by molar-refractivity contribution is 0.0697. The molecule has 5 heteroatoms. The molecule has 2 atom stereocenters. The van der Waals surface area contributed by atoms with E-state index in [-0.39, 0.29) is 17.5 Å². The second-order valence-corrected chi connectivity index (χ2v) is 5.24. The van der Waals surface area contributed by atoms with Crippen LogP contribution in [0.3, 0.4) is 0 Å². The Labute approximate surface area is 107 Å². The molecule has 0 saturated heterocycles. The Morgan fingerprint density at radius 3 is 2.47 bits per heavy atom. The maximum absolute atomic E-state index is 11.8. The highest BCUT2D eigenvalue weighted by Crippen LogP contribution is 2.29. The van der Waals surface area contributed by atoms with Gasteiger partial charge in [0.25, 0.3) is 5.91 Å². The van der Waals surface area contributed by atoms with Crippen LogP contribution in [0.4, 0.5) is 0 Å². The quantitative estimate of drug-likeness (QED) is 0.899. The molecule has 1 saturated carbocycles. The second-order valence-electron chi connectivity index (χ2n) is 4.33. The van der Waals surface area contributed by atoms with E-state index in [1.807, 2.05) is 0 Å². The molecule has 0 bridgehead atoms. The van der Waals surface area contributed by atoms with Gasteiger partial charge in [0.2, 0.25) is 0 Å². The fraction of sp³-hybridized carbons (Fsp3) is 0.333. The molecule has 2 rings (SSSR count). The summed E-state index contributed by atoms with van der Waals surface area (Å²) in [6.45, 7) is 2.06. The van der Waals surface area contributed by atoms with Gasteiger partial charge >= 0.3 is 5.97 Å². The number of amides is 1. The van der Waals surface area contributed by atoms with Crippen LogP contribution < -0.4 is 5.32 Å². The summed E-state index contributed by atoms with van der Waals surface area (Å²) in [5.41, 5.74) is 0.476. The number of carbonyl (C=O) groups excluding carboxylic acids is 1. The van der Waals surface area contributed by atoms with Crippen molar-refractivity contribution in [2.24, 2.45) is 5.92 Å². The number of rotatable bonds is 3. The van der Waals surface area contributed by atoms with E-state index >= 15 is 0 Å². The van der Waals surface area contributed by atoms with Crippen molar-refractivity contribution in [3.05, 3.63) is 33.8 Å². The average Bonchev–Trinajstić information content (AvgIpc) is 2.93. The van der Waals surface area contributed by atoms with Crippen LogP contribution in [-0.2, 0) is 0 Å². The van der Waals surface area contributed by atoms with E-state index in [4.69, 9.17) is 5.11 Å². The van der Waals surface area contributed by atoms with Crippen molar-refractivity contribution < 1.29 is 14.7 Å². The number of benzene rings is 1. The van der Waals surface area contributed by atoms with Crippen LogP contribution in [0.1, 0.15) is 34.1 Å². The van der Waals surface area contributed by atoms with Crippen LogP contribution in [0, 0.1) is 5.92 Å². The fourth-order valence-electron chi connectivity index (χ4n) is 1.62. The minimum atomic E-state index is -1.04. The third-order valence-electron chi connectivity index (χ3n) is 2.83. The lowest BCUT2D eigenvalue weighted by Crippen LogP contribution is -2.26. The maximum Gasteiger partial charge on any atom is 0.335 e. The van der Waals surface area contributed by atoms with E-state index in [9.17, 15) is 9.59 Å². The van der Waals surface area contributed by atoms with Crippen molar-refractivity contribution in [1.82, 2.24) is 5.32 Å². The molecule has 1 aromatic rings. The van der Waals surface area contributed by atoms with Crippen LogP contribution in [-0.4, -0.2) is 23.0 Å². The van der Waals surface area contributed by atoms with Gasteiger partial charge in [-0.2, -0.15) is 0 Å². The first-order valence-corrected chi connectivity index (χ1v) is 6.11. The lowest BCUT2D eigenvalue weighted by atomic mass is 10.1. The van der Waals surface area contributed by atoms with E-state index in [0.717, 1.165) is 6.42 Å². The first-order valence-electron chi connectivity index (χ1n) is 5.32. The smallest absolute Gasteiger partial charge is 0.335 e. The molecule has 0 aliphatic heterocycles. The van der Waals surface area contributed by atoms with Crippen molar-refractivity contribution in [3.63, 3.8) is 0 Å². The second kappa shape index (κ2) is 4.49. The number of carboxylic acids is 1. The number of nitrogens with one attached hydrogen (secondary N) is 1. The zero-order valence-electron chi connectivity index (χ0n) is 9.24. The van der Waals surface area contributed by atoms with E-state index in [2.05, 4.69) is 28.2 Å². The van der Waals surface area contributed by atoms with Gasteiger partial charge in [-0.05, 0) is 30.5 Å². The van der Waals surface area contributed by atoms with Gasteiger partial charge in [-0.15, -0.1) is 0 Å². The Morgan fingerprint density at radius 2 is 1.94 bits per heavy atom. The minimum absolute atomic E-state index is 0.105. The zero-order valence-corrected chi connectivity index (χ0v) is 10.8. The molecule has 1 amide bonds. The first-order chi connectivity index (χ1) is 7.97. The minimum Gasteiger partial charge on any atom is -0.478 e. The number of hydrogen-bond donors (Lipinski definition) is 2. The first kappa shape index (κ1) is 12.1. The highest BCUT2D eigenvalue weighted by Gasteiger charge is 2.34. The monoisotopic (exact) mass is 297 g/mol. The summed E-state index contributed by atoms with van der Waals surface area (Å²) in [5, 5.41) is 11.8. The number of carboxylic acid groups (broad SMARTS) is 1. The molecule has 4 nitrogen and oxygen atoms in total. The van der Waals surface area contributed by atoms with Crippen molar-refractivity contribution in [2.45, 2.75) is 19.4 Å². The summed E-state index contributed by atoms with van der Waals surface area (Å²) >= 11 is 3.20. The van der Waals surface area contributed by atoms with Crippen LogP contribution in [0.15, 0.2) is 22.7 Å². The SMILES string of the molecule is CC1CC1NC(=O)c1cc(Br)cc(C(=O)O)c1. The third kappa shape index (κ3) is 2.85. The van der Waals surface area contributed by atoms with E-state index in [1.54, 1.807) is 6.07 Å². The highest BCUT2D eigenvalue weighted by molar-refractivity contribution is 9.10. The molecule has 1 aliphatic rings. The molecule has 1 aliphatic carbocycles. The summed E-state index contributed by atoms with van der Waals surface area (Å²) in [7, 11) is 0. The van der Waals surface area contributed by atoms with Crippen molar-refractivity contribution in [3.8, 4) is 0 Å². The Kier molecular flexibility index (Phi) is 3.19. The average molecular weight is 298 g/mol. The molecule has 2 unspecified atom stereocenters. The molecule has 0 heterocycles. The molecule has 1 aromatic carbocycles. The van der Waals surface area contributed by atoms with E-state index in [0.29, 0.717) is 16.0 Å². The van der Waals surface area contributed by atoms with Crippen molar-refractivity contribution in [2.75, 3.05) is 0 Å². The predicted molar refractivity (Wildman–Crippen MR) is 66.1 cm³/mol. The molecular formula is C12H12BrNO3. The van der Waals surface area contributed by atoms with Crippen LogP contribution in [0.5, 0.6) is 0 Å². The molecule has 2 N–H and O–H groups in total. The zero-order chi connectivity index (χ0) is 12.6. The van der Waals surface area contributed by atoms with Gasteiger partial charge in [0.05, 0.1) is 5.56 Å². The van der Waals surface area contributed by atoms with Crippen LogP contribution in [0.25, 0.3) is 0 Å². The van der Waals surface area contributed by atoms with Crippen LogP contribution in [0.2, 0.25) is 0 Å². The van der Waals surface area contributed by atoms with Crippen molar-refractivity contribution in [1.29, 1.82) is 0 Å². The predicted octanol–water partition coefficient (Wildman–Crippen LogP) is 2.29. The Morgan fingerprint density at radius 1 is 1.35 bits per heavy atom. The topological polar surface area (TPSA) is 66.4 Å². The number of halogens is 1. The normalized spacial score (nSPS) is 22.0. The van der Waals surface area contributed by atoms with Crippen molar-refractivity contribution >= 4 is 27.8 Å². The molecule has 0 aromatic heterocycles. The van der Waals surface area contributed by atoms with E-state index < -0.39 is 5.97 Å². The summed E-state index contributed by atoms with van der Waals surface area (Å²) in [5.74, 6) is -0.742. The highest BCUT2D eigenvalue weighted by atomic mass is 79.9. The number of aromatic carboxylic acids is 1. The third-order valence-corrected chi connectivity index (χ3v) is 3.29. The summed E-state index contributed by atoms with van der Waals surface area (Å²) in [6.07, 6.45) is 0.992.